The van der Waals surface area contributed by atoms with E-state index in [0.717, 1.165) is 0 Å². The molecular weight excluding hydrogens is 351 g/mol. The highest BCUT2D eigenvalue weighted by Gasteiger charge is 2.45. The molecule has 0 spiro atoms. The average molecular weight is 367 g/mol. The third kappa shape index (κ3) is 3.71. The van der Waals surface area contributed by atoms with Crippen LogP contribution >= 0.6 is 0 Å². The third-order valence-electron chi connectivity index (χ3n) is 4.53. The first-order valence-electron chi connectivity index (χ1n) is 8.07. The molecule has 2 aliphatic rings. The monoisotopic (exact) mass is 367 g/mol. The summed E-state index contributed by atoms with van der Waals surface area (Å²) in [7, 11) is 0. The van der Waals surface area contributed by atoms with Crippen molar-refractivity contribution in [2.75, 3.05) is 31.1 Å². The van der Waals surface area contributed by atoms with Crippen molar-refractivity contribution in [3.63, 3.8) is 0 Å². The van der Waals surface area contributed by atoms with E-state index in [4.69, 9.17) is 5.26 Å². The number of pyridine rings is 1. The molecule has 2 saturated heterocycles. The molecule has 26 heavy (non-hydrogen) atoms. The van der Waals surface area contributed by atoms with Crippen LogP contribution in [0.25, 0.3) is 0 Å². The molecule has 7 nitrogen and oxygen atoms in total. The number of anilines is 1. The summed E-state index contributed by atoms with van der Waals surface area (Å²) < 4.78 is 37.6. The fourth-order valence-corrected chi connectivity index (χ4v) is 3.23. The highest BCUT2D eigenvalue weighted by molar-refractivity contribution is 6.02. The summed E-state index contributed by atoms with van der Waals surface area (Å²) in [4.78, 5) is 31.7. The molecule has 2 fully saturated rings. The maximum absolute atomic E-state index is 12.5. The Kier molecular flexibility index (Phi) is 4.71. The Morgan fingerprint density at radius 2 is 1.92 bits per heavy atom. The minimum absolute atomic E-state index is 0.272. The Labute approximate surface area is 147 Å². The molecule has 10 heteroatoms. The number of carbonyl (C=O) groups excluding carboxylic acids is 2. The van der Waals surface area contributed by atoms with E-state index in [1.807, 2.05) is 11.0 Å². The second-order valence-electron chi connectivity index (χ2n) is 6.24. The lowest BCUT2D eigenvalue weighted by Gasteiger charge is -2.36. The van der Waals surface area contributed by atoms with Crippen LogP contribution in [0.1, 0.15) is 18.4 Å². The fraction of sp³-hybridized carbons (Fsp3) is 0.500. The summed E-state index contributed by atoms with van der Waals surface area (Å²) in [5.41, 5.74) is 0.453. The van der Waals surface area contributed by atoms with E-state index in [1.54, 1.807) is 12.1 Å². The first kappa shape index (κ1) is 18.0. The number of nitrogens with zero attached hydrogens (tertiary/aromatic N) is 5. The van der Waals surface area contributed by atoms with Gasteiger partial charge in [0.1, 0.15) is 25.0 Å². The van der Waals surface area contributed by atoms with Crippen LogP contribution in [0.4, 0.5) is 23.8 Å². The van der Waals surface area contributed by atoms with Gasteiger partial charge in [-0.05, 0) is 25.0 Å². The van der Waals surface area contributed by atoms with Crippen LogP contribution in [-0.2, 0) is 4.79 Å². The maximum atomic E-state index is 12.5. The summed E-state index contributed by atoms with van der Waals surface area (Å²) >= 11 is 0. The molecule has 0 saturated carbocycles. The SMILES string of the molecule is N#Cc1ccc(N2CCC(N3CC(=O)N(CC(F)(F)F)C3=O)CC2)nc1. The van der Waals surface area contributed by atoms with Crippen LogP contribution < -0.4 is 4.90 Å². The molecule has 3 heterocycles. The molecule has 138 valence electrons. The van der Waals surface area contributed by atoms with Crippen LogP contribution in [-0.4, -0.2) is 65.1 Å². The predicted octanol–water partition coefficient (Wildman–Crippen LogP) is 1.75. The summed E-state index contributed by atoms with van der Waals surface area (Å²) in [6, 6.07) is 4.23. The lowest BCUT2D eigenvalue weighted by molar-refractivity contribution is -0.151. The number of nitriles is 1. The topological polar surface area (TPSA) is 80.5 Å². The zero-order valence-corrected chi connectivity index (χ0v) is 13.7. The standard InChI is InChI=1S/C16H16F3N5O2/c17-16(18,19)10-24-14(25)9-23(15(24)26)12-3-5-22(6-4-12)13-2-1-11(7-20)8-21-13/h1-2,8,12H,3-6,9-10H2. The fourth-order valence-electron chi connectivity index (χ4n) is 3.23. The quantitative estimate of drug-likeness (QED) is 0.761. The summed E-state index contributed by atoms with van der Waals surface area (Å²) in [5.74, 6) is -0.117. The summed E-state index contributed by atoms with van der Waals surface area (Å²) in [6.07, 6.45) is -2.08. The molecule has 1 aromatic heterocycles. The summed E-state index contributed by atoms with van der Waals surface area (Å²) in [6.45, 7) is -0.745. The van der Waals surface area contributed by atoms with Crippen LogP contribution in [0.2, 0.25) is 0 Å². The van der Waals surface area contributed by atoms with Gasteiger partial charge in [0.15, 0.2) is 0 Å². The molecule has 3 amide bonds. The van der Waals surface area contributed by atoms with Gasteiger partial charge in [-0.15, -0.1) is 0 Å². The van der Waals surface area contributed by atoms with Crippen molar-refractivity contribution in [1.82, 2.24) is 14.8 Å². The van der Waals surface area contributed by atoms with E-state index >= 15 is 0 Å². The zero-order chi connectivity index (χ0) is 18.9. The molecule has 0 radical (unpaired) electrons. The van der Waals surface area contributed by atoms with Gasteiger partial charge < -0.3 is 9.80 Å². The number of alkyl halides is 3. The molecule has 3 rings (SSSR count). The van der Waals surface area contributed by atoms with E-state index < -0.39 is 24.7 Å². The number of amides is 3. The van der Waals surface area contributed by atoms with Gasteiger partial charge in [-0.1, -0.05) is 0 Å². The number of halogens is 3. The first-order valence-corrected chi connectivity index (χ1v) is 8.07. The Hall–Kier alpha value is -2.83. The van der Waals surface area contributed by atoms with E-state index in [-0.39, 0.29) is 17.5 Å². The zero-order valence-electron chi connectivity index (χ0n) is 13.7. The lowest BCUT2D eigenvalue weighted by Crippen LogP contribution is -2.47. The number of aromatic nitrogens is 1. The van der Waals surface area contributed by atoms with Crippen LogP contribution in [0, 0.1) is 11.3 Å². The number of rotatable bonds is 3. The number of imide groups is 1. The summed E-state index contributed by atoms with van der Waals surface area (Å²) in [5, 5.41) is 8.79. The van der Waals surface area contributed by atoms with E-state index in [9.17, 15) is 22.8 Å². The smallest absolute Gasteiger partial charge is 0.356 e. The molecule has 0 atom stereocenters. The van der Waals surface area contributed by atoms with E-state index in [0.29, 0.717) is 37.3 Å². The highest BCUT2D eigenvalue weighted by atomic mass is 19.4. The molecule has 0 unspecified atom stereocenters. The molecule has 0 N–H and O–H groups in total. The largest absolute Gasteiger partial charge is 0.406 e. The van der Waals surface area contributed by atoms with Crippen molar-refractivity contribution < 1.29 is 22.8 Å². The van der Waals surface area contributed by atoms with Crippen molar-refractivity contribution in [3.05, 3.63) is 23.9 Å². The second-order valence-corrected chi connectivity index (χ2v) is 6.24. The minimum atomic E-state index is -4.61. The van der Waals surface area contributed by atoms with Gasteiger partial charge in [0.2, 0.25) is 0 Å². The molecule has 1 aromatic rings. The Balaban J connectivity index is 1.60. The van der Waals surface area contributed by atoms with Crippen molar-refractivity contribution in [2.45, 2.75) is 25.1 Å². The first-order chi connectivity index (χ1) is 12.3. The van der Waals surface area contributed by atoms with Gasteiger partial charge in [-0.2, -0.15) is 18.4 Å². The predicted molar refractivity (Wildman–Crippen MR) is 84.1 cm³/mol. The van der Waals surface area contributed by atoms with Gasteiger partial charge in [0.05, 0.1) is 5.56 Å². The van der Waals surface area contributed by atoms with Gasteiger partial charge in [-0.25, -0.2) is 9.78 Å². The van der Waals surface area contributed by atoms with Gasteiger partial charge in [-0.3, -0.25) is 9.69 Å². The second kappa shape index (κ2) is 6.82. The molecule has 0 aromatic carbocycles. The number of carbonyl (C=O) groups is 2. The minimum Gasteiger partial charge on any atom is -0.356 e. The van der Waals surface area contributed by atoms with E-state index in [1.165, 1.54) is 11.1 Å². The number of piperidine rings is 1. The average Bonchev–Trinajstić information content (AvgIpc) is 2.89. The third-order valence-corrected chi connectivity index (χ3v) is 4.53. The van der Waals surface area contributed by atoms with Crippen LogP contribution in [0.3, 0.4) is 0 Å². The van der Waals surface area contributed by atoms with Crippen LogP contribution in [0.15, 0.2) is 18.3 Å². The number of hydrogen-bond donors (Lipinski definition) is 0. The maximum Gasteiger partial charge on any atom is 0.406 e. The van der Waals surface area contributed by atoms with Gasteiger partial charge in [0.25, 0.3) is 5.91 Å². The lowest BCUT2D eigenvalue weighted by atomic mass is 10.0. The number of urea groups is 1. The van der Waals surface area contributed by atoms with Crippen molar-refractivity contribution in [1.29, 1.82) is 5.26 Å². The van der Waals surface area contributed by atoms with Crippen molar-refractivity contribution >= 4 is 17.8 Å². The van der Waals surface area contributed by atoms with E-state index in [2.05, 4.69) is 4.98 Å². The molecule has 0 aliphatic carbocycles. The van der Waals surface area contributed by atoms with Crippen molar-refractivity contribution in [3.8, 4) is 6.07 Å². The highest BCUT2D eigenvalue weighted by Crippen LogP contribution is 2.26. The molecule has 2 aliphatic heterocycles. The normalized spacial score (nSPS) is 19.2. The Bertz CT molecular complexity index is 736. The van der Waals surface area contributed by atoms with Crippen LogP contribution in [0.5, 0.6) is 0 Å². The van der Waals surface area contributed by atoms with Gasteiger partial charge >= 0.3 is 12.2 Å². The van der Waals surface area contributed by atoms with Gasteiger partial charge in [0, 0.05) is 25.3 Å². The molecule has 0 bridgehead atoms. The number of hydrogen-bond acceptors (Lipinski definition) is 5. The Morgan fingerprint density at radius 1 is 1.23 bits per heavy atom. The van der Waals surface area contributed by atoms with Crippen molar-refractivity contribution in [2.24, 2.45) is 0 Å². The molecular formula is C16H16F3N5O2. The Morgan fingerprint density at radius 3 is 2.46 bits per heavy atom.